The van der Waals surface area contributed by atoms with Crippen molar-refractivity contribution in [1.82, 2.24) is 0 Å². The fourth-order valence-corrected chi connectivity index (χ4v) is 1.42. The Hall–Kier alpha value is -1.08. The first kappa shape index (κ1) is 10.0. The summed E-state index contributed by atoms with van der Waals surface area (Å²) >= 11 is 0. The molecule has 70 valence electrons. The van der Waals surface area contributed by atoms with E-state index in [0.29, 0.717) is 0 Å². The van der Waals surface area contributed by atoms with Gasteiger partial charge in [0.05, 0.1) is 0 Å². The molecule has 0 fully saturated rings. The highest BCUT2D eigenvalue weighted by atomic mass is 16.2. The predicted octanol–water partition coefficient (Wildman–Crippen LogP) is 2.34. The van der Waals surface area contributed by atoms with Gasteiger partial charge in [-0.15, -0.1) is 0 Å². The molecule has 0 unspecified atom stereocenters. The molecular formula is C12H16O. The molecule has 0 bridgehead atoms. The quantitative estimate of drug-likeness (QED) is 0.698. The van der Waals surface area contributed by atoms with Crippen LogP contribution in [0.1, 0.15) is 18.1 Å². The van der Waals surface area contributed by atoms with Crippen LogP contribution in [0, 0.1) is 0 Å². The number of allylic oxidation sites excluding steroid dienone is 1. The summed E-state index contributed by atoms with van der Waals surface area (Å²) in [5, 5.41) is 8.86. The first-order valence-electron chi connectivity index (χ1n) is 4.56. The molecule has 1 rings (SSSR count). The Labute approximate surface area is 79.7 Å². The van der Waals surface area contributed by atoms with Crippen LogP contribution in [-0.4, -0.2) is 11.7 Å². The average Bonchev–Trinajstić information content (AvgIpc) is 2.08. The van der Waals surface area contributed by atoms with Crippen LogP contribution in [0.25, 0.3) is 0 Å². The number of rotatable bonds is 4. The topological polar surface area (TPSA) is 20.2 Å². The molecule has 0 aliphatic heterocycles. The van der Waals surface area contributed by atoms with Gasteiger partial charge in [0.2, 0.25) is 0 Å². The van der Waals surface area contributed by atoms with Gasteiger partial charge < -0.3 is 5.11 Å². The molecule has 0 heterocycles. The number of hydrogen-bond acceptors (Lipinski definition) is 1. The normalized spacial score (nSPS) is 10.0. The van der Waals surface area contributed by atoms with E-state index in [4.69, 9.17) is 5.11 Å². The van der Waals surface area contributed by atoms with Crippen molar-refractivity contribution in [2.75, 3.05) is 6.61 Å². The van der Waals surface area contributed by atoms with Crippen molar-refractivity contribution in [1.29, 1.82) is 0 Å². The number of benzene rings is 1. The average molecular weight is 176 g/mol. The highest BCUT2D eigenvalue weighted by Gasteiger charge is 2.00. The van der Waals surface area contributed by atoms with E-state index >= 15 is 0 Å². The molecule has 0 radical (unpaired) electrons. The van der Waals surface area contributed by atoms with Gasteiger partial charge in [-0.25, -0.2) is 0 Å². The van der Waals surface area contributed by atoms with Gasteiger partial charge in [-0.2, -0.15) is 0 Å². The van der Waals surface area contributed by atoms with E-state index in [9.17, 15) is 0 Å². The molecule has 13 heavy (non-hydrogen) atoms. The third-order valence-electron chi connectivity index (χ3n) is 1.99. The largest absolute Gasteiger partial charge is 0.396 e. The molecule has 1 heteroatoms. The van der Waals surface area contributed by atoms with Gasteiger partial charge in [-0.3, -0.25) is 0 Å². The highest BCUT2D eigenvalue weighted by molar-refractivity contribution is 5.30. The standard InChI is InChI=1S/C12H16O/c1-10(2)9-12-6-4-3-5-11(12)7-8-13/h3-6,13H,1,7-9H2,2H3. The Kier molecular flexibility index (Phi) is 3.71. The van der Waals surface area contributed by atoms with Crippen molar-refractivity contribution in [3.8, 4) is 0 Å². The van der Waals surface area contributed by atoms with Gasteiger partial charge in [0, 0.05) is 6.61 Å². The van der Waals surface area contributed by atoms with Crippen molar-refractivity contribution < 1.29 is 5.11 Å². The molecule has 1 aromatic rings. The third kappa shape index (κ3) is 3.03. The molecule has 0 aliphatic rings. The minimum atomic E-state index is 0.215. The lowest BCUT2D eigenvalue weighted by Crippen LogP contribution is -1.97. The maximum absolute atomic E-state index is 8.86. The van der Waals surface area contributed by atoms with Crippen molar-refractivity contribution in [3.05, 3.63) is 47.5 Å². The lowest BCUT2D eigenvalue weighted by atomic mass is 9.99. The first-order chi connectivity index (χ1) is 6.24. The van der Waals surface area contributed by atoms with Crippen LogP contribution in [0.4, 0.5) is 0 Å². The van der Waals surface area contributed by atoms with Crippen LogP contribution < -0.4 is 0 Å². The molecule has 0 atom stereocenters. The van der Waals surface area contributed by atoms with E-state index in [0.717, 1.165) is 18.4 Å². The monoisotopic (exact) mass is 176 g/mol. The van der Waals surface area contributed by atoms with Gasteiger partial charge in [0.15, 0.2) is 0 Å². The van der Waals surface area contributed by atoms with Crippen LogP contribution in [0.5, 0.6) is 0 Å². The smallest absolute Gasteiger partial charge is 0.0471 e. The second-order valence-electron chi connectivity index (χ2n) is 3.38. The molecule has 1 N–H and O–H groups in total. The van der Waals surface area contributed by atoms with Crippen LogP contribution in [-0.2, 0) is 12.8 Å². The van der Waals surface area contributed by atoms with Crippen molar-refractivity contribution in [2.45, 2.75) is 19.8 Å². The second-order valence-corrected chi connectivity index (χ2v) is 3.38. The summed E-state index contributed by atoms with van der Waals surface area (Å²) in [7, 11) is 0. The molecule has 0 aliphatic carbocycles. The van der Waals surface area contributed by atoms with E-state index in [-0.39, 0.29) is 6.61 Å². The second kappa shape index (κ2) is 4.83. The number of aliphatic hydroxyl groups is 1. The third-order valence-corrected chi connectivity index (χ3v) is 1.99. The van der Waals surface area contributed by atoms with E-state index in [2.05, 4.69) is 18.7 Å². The van der Waals surface area contributed by atoms with Gasteiger partial charge >= 0.3 is 0 Å². The molecule has 0 saturated heterocycles. The van der Waals surface area contributed by atoms with Gasteiger partial charge in [-0.1, -0.05) is 36.4 Å². The fourth-order valence-electron chi connectivity index (χ4n) is 1.42. The number of hydrogen-bond donors (Lipinski definition) is 1. The minimum absolute atomic E-state index is 0.215. The Morgan fingerprint density at radius 3 is 2.46 bits per heavy atom. The summed E-state index contributed by atoms with van der Waals surface area (Å²) in [6.45, 7) is 6.13. The molecule has 0 saturated carbocycles. The maximum atomic E-state index is 8.86. The zero-order valence-corrected chi connectivity index (χ0v) is 8.09. The van der Waals surface area contributed by atoms with E-state index in [1.54, 1.807) is 0 Å². The Morgan fingerprint density at radius 1 is 1.31 bits per heavy atom. The van der Waals surface area contributed by atoms with Crippen LogP contribution in [0.3, 0.4) is 0 Å². The Bertz CT molecular complexity index is 289. The molecule has 1 nitrogen and oxygen atoms in total. The summed E-state index contributed by atoms with van der Waals surface area (Å²) in [6, 6.07) is 8.19. The molecular weight excluding hydrogens is 160 g/mol. The fraction of sp³-hybridized carbons (Fsp3) is 0.333. The number of aliphatic hydroxyl groups excluding tert-OH is 1. The SMILES string of the molecule is C=C(C)Cc1ccccc1CCO. The van der Waals surface area contributed by atoms with Crippen LogP contribution in [0.2, 0.25) is 0 Å². The predicted molar refractivity (Wildman–Crippen MR) is 55.7 cm³/mol. The van der Waals surface area contributed by atoms with Crippen molar-refractivity contribution in [2.24, 2.45) is 0 Å². The van der Waals surface area contributed by atoms with E-state index < -0.39 is 0 Å². The van der Waals surface area contributed by atoms with Crippen LogP contribution in [0.15, 0.2) is 36.4 Å². The Morgan fingerprint density at radius 2 is 1.92 bits per heavy atom. The Balaban J connectivity index is 2.84. The van der Waals surface area contributed by atoms with E-state index in [1.807, 2.05) is 19.1 Å². The first-order valence-corrected chi connectivity index (χ1v) is 4.56. The summed E-state index contributed by atoms with van der Waals surface area (Å²) in [4.78, 5) is 0. The van der Waals surface area contributed by atoms with Crippen molar-refractivity contribution in [3.63, 3.8) is 0 Å². The minimum Gasteiger partial charge on any atom is -0.396 e. The molecule has 0 aromatic heterocycles. The van der Waals surface area contributed by atoms with Crippen molar-refractivity contribution >= 4 is 0 Å². The summed E-state index contributed by atoms with van der Waals surface area (Å²) in [5.74, 6) is 0. The molecule has 0 amide bonds. The summed E-state index contributed by atoms with van der Waals surface area (Å²) < 4.78 is 0. The summed E-state index contributed by atoms with van der Waals surface area (Å²) in [6.07, 6.45) is 1.65. The van der Waals surface area contributed by atoms with Gasteiger partial charge in [0.1, 0.15) is 0 Å². The van der Waals surface area contributed by atoms with Gasteiger partial charge in [0.25, 0.3) is 0 Å². The zero-order chi connectivity index (χ0) is 9.68. The highest BCUT2D eigenvalue weighted by Crippen LogP contribution is 2.13. The lowest BCUT2D eigenvalue weighted by Gasteiger charge is -2.07. The zero-order valence-electron chi connectivity index (χ0n) is 8.09. The van der Waals surface area contributed by atoms with Gasteiger partial charge in [-0.05, 0) is 30.9 Å². The van der Waals surface area contributed by atoms with Crippen LogP contribution >= 0.6 is 0 Å². The molecule has 0 spiro atoms. The maximum Gasteiger partial charge on any atom is 0.0471 e. The molecule has 1 aromatic carbocycles. The lowest BCUT2D eigenvalue weighted by molar-refractivity contribution is 0.299. The van der Waals surface area contributed by atoms with E-state index in [1.165, 1.54) is 11.1 Å². The summed E-state index contributed by atoms with van der Waals surface area (Å²) in [5.41, 5.74) is 3.67.